The Morgan fingerprint density at radius 3 is 2.59 bits per heavy atom. The first-order valence-corrected chi connectivity index (χ1v) is 7.03. The van der Waals surface area contributed by atoms with Crippen molar-refractivity contribution >= 4 is 22.5 Å². The maximum atomic E-state index is 10.9. The van der Waals surface area contributed by atoms with Crippen LogP contribution in [0.15, 0.2) is 30.5 Å². The van der Waals surface area contributed by atoms with Crippen LogP contribution in [0, 0.1) is 0 Å². The molecule has 0 unspecified atom stereocenters. The number of hydrogen-bond acceptors (Lipinski definition) is 6. The van der Waals surface area contributed by atoms with E-state index in [0.29, 0.717) is 10.9 Å². The Hall–Kier alpha value is -1.19. The second-order valence-electron chi connectivity index (χ2n) is 5.37. The first kappa shape index (κ1) is 15.7. The van der Waals surface area contributed by atoms with E-state index in [1.807, 2.05) is 0 Å². The van der Waals surface area contributed by atoms with Gasteiger partial charge >= 0.3 is 0 Å². The van der Waals surface area contributed by atoms with E-state index in [2.05, 4.69) is 4.98 Å². The van der Waals surface area contributed by atoms with Gasteiger partial charge in [0.2, 0.25) is 0 Å². The van der Waals surface area contributed by atoms with E-state index in [9.17, 15) is 25.5 Å². The third-order valence-electron chi connectivity index (χ3n) is 4.10. The standard InChI is InChI=1S/C14H16ClNO6/c15-13(6-17)12(20)14(21,10(18)11(19)22-13)8-5-16-9-4-2-1-3-7(8)9/h1-5,10-12,16-21H,6H2/t10-,11+,12-,13+,14+/m0/s1. The van der Waals surface area contributed by atoms with Gasteiger partial charge in [-0.15, -0.1) is 0 Å². The Morgan fingerprint density at radius 1 is 1.23 bits per heavy atom. The van der Waals surface area contributed by atoms with Gasteiger partial charge in [-0.05, 0) is 6.07 Å². The summed E-state index contributed by atoms with van der Waals surface area (Å²) in [6, 6.07) is 6.92. The molecule has 2 heterocycles. The maximum absolute atomic E-state index is 10.9. The van der Waals surface area contributed by atoms with Gasteiger partial charge in [0.1, 0.15) is 12.2 Å². The lowest BCUT2D eigenvalue weighted by atomic mass is 9.78. The van der Waals surface area contributed by atoms with Crippen LogP contribution < -0.4 is 0 Å². The Bertz CT molecular complexity index is 693. The number of fused-ring (bicyclic) bond motifs is 1. The zero-order chi connectivity index (χ0) is 16.1. The molecule has 1 saturated heterocycles. The highest BCUT2D eigenvalue weighted by atomic mass is 35.5. The molecule has 0 amide bonds. The third kappa shape index (κ3) is 1.99. The van der Waals surface area contributed by atoms with Crippen molar-refractivity contribution in [2.45, 2.75) is 29.2 Å². The number of aliphatic hydroxyl groups is 5. The lowest BCUT2D eigenvalue weighted by Crippen LogP contribution is -2.68. The van der Waals surface area contributed by atoms with Crippen LogP contribution in [0.3, 0.4) is 0 Å². The molecule has 0 saturated carbocycles. The van der Waals surface area contributed by atoms with Crippen molar-refractivity contribution in [2.75, 3.05) is 6.61 Å². The molecular formula is C14H16ClNO6. The molecule has 8 heteroatoms. The second-order valence-corrected chi connectivity index (χ2v) is 6.01. The van der Waals surface area contributed by atoms with E-state index in [-0.39, 0.29) is 5.56 Å². The molecule has 1 aromatic carbocycles. The van der Waals surface area contributed by atoms with Gasteiger partial charge in [0.25, 0.3) is 0 Å². The monoisotopic (exact) mass is 329 g/mol. The molecule has 2 aromatic rings. The number of halogens is 1. The van der Waals surface area contributed by atoms with Gasteiger partial charge in [0.05, 0.1) is 6.61 Å². The number of hydrogen-bond donors (Lipinski definition) is 6. The summed E-state index contributed by atoms with van der Waals surface area (Å²) in [6.07, 6.45) is -4.22. The van der Waals surface area contributed by atoms with E-state index in [1.165, 1.54) is 6.20 Å². The highest BCUT2D eigenvalue weighted by molar-refractivity contribution is 6.23. The highest BCUT2D eigenvalue weighted by Gasteiger charge is 2.62. The number of nitrogens with one attached hydrogen (secondary N) is 1. The van der Waals surface area contributed by atoms with Gasteiger partial charge in [-0.3, -0.25) is 0 Å². The van der Waals surface area contributed by atoms with Gasteiger partial charge in [-0.2, -0.15) is 0 Å². The van der Waals surface area contributed by atoms with Crippen molar-refractivity contribution in [3.8, 4) is 0 Å². The van der Waals surface area contributed by atoms with Gasteiger partial charge in [-0.1, -0.05) is 29.8 Å². The zero-order valence-corrected chi connectivity index (χ0v) is 12.1. The predicted molar refractivity (Wildman–Crippen MR) is 77.0 cm³/mol. The number of aromatic nitrogens is 1. The fourth-order valence-electron chi connectivity index (χ4n) is 2.87. The first-order chi connectivity index (χ1) is 10.3. The Kier molecular flexibility index (Phi) is 3.69. The number of alkyl halides is 1. The van der Waals surface area contributed by atoms with Crippen LogP contribution in [-0.4, -0.2) is 60.7 Å². The smallest absolute Gasteiger partial charge is 0.196 e. The fourth-order valence-corrected chi connectivity index (χ4v) is 3.13. The molecule has 1 fully saturated rings. The van der Waals surface area contributed by atoms with Crippen molar-refractivity contribution in [1.29, 1.82) is 0 Å². The summed E-state index contributed by atoms with van der Waals surface area (Å²) in [7, 11) is 0. The molecule has 1 aromatic heterocycles. The minimum Gasteiger partial charge on any atom is -0.392 e. The molecular weight excluding hydrogens is 314 g/mol. The minimum absolute atomic E-state index is 0.143. The number of ether oxygens (including phenoxy) is 1. The number of benzene rings is 1. The van der Waals surface area contributed by atoms with Crippen LogP contribution >= 0.6 is 11.6 Å². The fraction of sp³-hybridized carbons (Fsp3) is 0.429. The number of para-hydroxylation sites is 1. The predicted octanol–water partition coefficient (Wildman–Crippen LogP) is -0.647. The average Bonchev–Trinajstić information content (AvgIpc) is 2.95. The van der Waals surface area contributed by atoms with Gasteiger partial charge < -0.3 is 35.3 Å². The molecule has 7 nitrogen and oxygen atoms in total. The minimum atomic E-state index is -2.33. The van der Waals surface area contributed by atoms with Crippen molar-refractivity contribution < 1.29 is 30.3 Å². The van der Waals surface area contributed by atoms with Crippen LogP contribution in [0.1, 0.15) is 5.56 Å². The van der Waals surface area contributed by atoms with Crippen molar-refractivity contribution in [3.63, 3.8) is 0 Å². The number of aromatic amines is 1. The topological polar surface area (TPSA) is 126 Å². The maximum Gasteiger partial charge on any atom is 0.196 e. The summed E-state index contributed by atoms with van der Waals surface area (Å²) < 4.78 is 4.85. The summed E-state index contributed by atoms with van der Waals surface area (Å²) in [5.74, 6) is 0. The SMILES string of the molecule is OC[C@@]1(Cl)O[C@@H](O)[C@H](O)[C@](O)(c2c[nH]c3ccccc23)[C@H]1O. The second kappa shape index (κ2) is 5.17. The molecule has 0 bridgehead atoms. The summed E-state index contributed by atoms with van der Waals surface area (Å²) in [6.45, 7) is -0.871. The molecule has 5 atom stereocenters. The van der Waals surface area contributed by atoms with Crippen LogP contribution in [0.5, 0.6) is 0 Å². The van der Waals surface area contributed by atoms with Gasteiger partial charge in [0, 0.05) is 22.7 Å². The van der Waals surface area contributed by atoms with Crippen LogP contribution in [0.25, 0.3) is 10.9 Å². The molecule has 120 valence electrons. The molecule has 22 heavy (non-hydrogen) atoms. The first-order valence-electron chi connectivity index (χ1n) is 6.65. The quantitative estimate of drug-likeness (QED) is 0.407. The summed E-state index contributed by atoms with van der Waals surface area (Å²) in [5, 5.41) is 49.1. The van der Waals surface area contributed by atoms with Gasteiger partial charge in [-0.25, -0.2) is 0 Å². The zero-order valence-electron chi connectivity index (χ0n) is 11.3. The van der Waals surface area contributed by atoms with Crippen molar-refractivity contribution in [3.05, 3.63) is 36.0 Å². The molecule has 3 rings (SSSR count). The molecule has 1 aliphatic heterocycles. The molecule has 0 spiro atoms. The number of rotatable bonds is 2. The lowest BCUT2D eigenvalue weighted by molar-refractivity contribution is -0.338. The molecule has 1 aliphatic rings. The van der Waals surface area contributed by atoms with Gasteiger partial charge in [0.15, 0.2) is 17.0 Å². The third-order valence-corrected chi connectivity index (χ3v) is 4.51. The highest BCUT2D eigenvalue weighted by Crippen LogP contribution is 2.45. The molecule has 0 aliphatic carbocycles. The van der Waals surface area contributed by atoms with E-state index in [4.69, 9.17) is 16.3 Å². The largest absolute Gasteiger partial charge is 0.392 e. The van der Waals surface area contributed by atoms with Crippen LogP contribution in [0.2, 0.25) is 0 Å². The van der Waals surface area contributed by atoms with E-state index < -0.39 is 35.8 Å². The summed E-state index contributed by atoms with van der Waals surface area (Å²) in [5.41, 5.74) is -1.53. The number of H-pyrrole nitrogens is 1. The van der Waals surface area contributed by atoms with Crippen molar-refractivity contribution in [1.82, 2.24) is 4.98 Å². The van der Waals surface area contributed by atoms with E-state index in [0.717, 1.165) is 0 Å². The summed E-state index contributed by atoms with van der Waals surface area (Å²) in [4.78, 5) is 2.90. The molecule has 0 radical (unpaired) electrons. The Morgan fingerprint density at radius 2 is 1.91 bits per heavy atom. The van der Waals surface area contributed by atoms with Crippen LogP contribution in [-0.2, 0) is 10.3 Å². The van der Waals surface area contributed by atoms with E-state index in [1.54, 1.807) is 24.3 Å². The summed E-state index contributed by atoms with van der Waals surface area (Å²) >= 11 is 5.96. The number of aliphatic hydroxyl groups excluding tert-OH is 4. The average molecular weight is 330 g/mol. The normalized spacial score (nSPS) is 39.3. The molecule has 6 N–H and O–H groups in total. The Labute approximate surface area is 130 Å². The lowest BCUT2D eigenvalue weighted by Gasteiger charge is -2.49. The van der Waals surface area contributed by atoms with Crippen LogP contribution in [0.4, 0.5) is 0 Å². The Balaban J connectivity index is 2.20. The van der Waals surface area contributed by atoms with E-state index >= 15 is 0 Å². The van der Waals surface area contributed by atoms with Crippen molar-refractivity contribution in [2.24, 2.45) is 0 Å².